The fourth-order valence-electron chi connectivity index (χ4n) is 2.81. The number of aromatic nitrogens is 3. The first-order valence-corrected chi connectivity index (χ1v) is 7.08. The quantitative estimate of drug-likeness (QED) is 0.804. The van der Waals surface area contributed by atoms with E-state index < -0.39 is 0 Å². The van der Waals surface area contributed by atoms with E-state index in [9.17, 15) is 4.39 Å². The second-order valence-corrected chi connectivity index (χ2v) is 5.41. The summed E-state index contributed by atoms with van der Waals surface area (Å²) in [5.41, 5.74) is 1.14. The Kier molecular flexibility index (Phi) is 2.87. The van der Waals surface area contributed by atoms with Crippen molar-refractivity contribution >= 4 is 17.1 Å². The van der Waals surface area contributed by atoms with E-state index in [2.05, 4.69) is 19.9 Å². The second-order valence-electron chi connectivity index (χ2n) is 5.41. The fraction of sp³-hybridized carbons (Fsp3) is 0.333. The largest absolute Gasteiger partial charge is 0.424 e. The maximum atomic E-state index is 13.1. The molecule has 1 aliphatic heterocycles. The molecule has 0 aliphatic carbocycles. The van der Waals surface area contributed by atoms with Crippen LogP contribution < -0.4 is 5.32 Å². The molecule has 0 spiro atoms. The van der Waals surface area contributed by atoms with E-state index in [0.717, 1.165) is 31.8 Å². The molecule has 3 heterocycles. The van der Waals surface area contributed by atoms with Gasteiger partial charge >= 0.3 is 0 Å². The van der Waals surface area contributed by atoms with Crippen LogP contribution in [-0.2, 0) is 13.0 Å². The zero-order valence-corrected chi connectivity index (χ0v) is 11.4. The summed E-state index contributed by atoms with van der Waals surface area (Å²) < 4.78 is 20.9. The molecule has 0 saturated carbocycles. The molecule has 21 heavy (non-hydrogen) atoms. The normalized spacial score (nSPS) is 17.9. The van der Waals surface area contributed by atoms with Crippen molar-refractivity contribution in [1.82, 2.24) is 14.5 Å². The maximum Gasteiger partial charge on any atom is 0.295 e. The van der Waals surface area contributed by atoms with Crippen molar-refractivity contribution in [1.29, 1.82) is 0 Å². The number of rotatable bonds is 3. The predicted octanol–water partition coefficient (Wildman–Crippen LogP) is 2.84. The van der Waals surface area contributed by atoms with Crippen molar-refractivity contribution < 1.29 is 8.81 Å². The molecule has 1 aliphatic rings. The Morgan fingerprint density at radius 1 is 1.43 bits per heavy atom. The van der Waals surface area contributed by atoms with Gasteiger partial charge in [-0.3, -0.25) is 0 Å². The molecule has 1 unspecified atom stereocenters. The van der Waals surface area contributed by atoms with Crippen LogP contribution in [-0.4, -0.2) is 21.1 Å². The van der Waals surface area contributed by atoms with Crippen molar-refractivity contribution in [2.24, 2.45) is 5.92 Å². The number of aryl methyl sites for hydroxylation is 1. The SMILES string of the molecule is Fc1ccc2oc(NCC3CCc4nccn4C3)nc2c1. The highest BCUT2D eigenvalue weighted by atomic mass is 19.1. The third-order valence-electron chi connectivity index (χ3n) is 3.92. The number of imidazole rings is 1. The van der Waals surface area contributed by atoms with Crippen LogP contribution in [0.3, 0.4) is 0 Å². The molecule has 5 nitrogen and oxygen atoms in total. The van der Waals surface area contributed by atoms with Crippen LogP contribution in [0.4, 0.5) is 10.4 Å². The average Bonchev–Trinajstić information content (AvgIpc) is 3.09. The number of benzene rings is 1. The Labute approximate surface area is 120 Å². The van der Waals surface area contributed by atoms with Gasteiger partial charge in [-0.25, -0.2) is 9.37 Å². The van der Waals surface area contributed by atoms with Gasteiger partial charge in [0.1, 0.15) is 17.2 Å². The van der Waals surface area contributed by atoms with Gasteiger partial charge in [-0.05, 0) is 24.5 Å². The predicted molar refractivity (Wildman–Crippen MR) is 76.5 cm³/mol. The lowest BCUT2D eigenvalue weighted by Crippen LogP contribution is -2.25. The molecular weight excluding hydrogens is 271 g/mol. The molecule has 3 aromatic rings. The van der Waals surface area contributed by atoms with Gasteiger partial charge in [-0.15, -0.1) is 0 Å². The maximum absolute atomic E-state index is 13.1. The highest BCUT2D eigenvalue weighted by Crippen LogP contribution is 2.22. The summed E-state index contributed by atoms with van der Waals surface area (Å²) in [7, 11) is 0. The molecule has 0 bridgehead atoms. The van der Waals surface area contributed by atoms with Gasteiger partial charge in [-0.2, -0.15) is 4.98 Å². The minimum Gasteiger partial charge on any atom is -0.424 e. The lowest BCUT2D eigenvalue weighted by atomic mass is 9.99. The summed E-state index contributed by atoms with van der Waals surface area (Å²) in [4.78, 5) is 8.58. The zero-order chi connectivity index (χ0) is 14.2. The third kappa shape index (κ3) is 2.37. The van der Waals surface area contributed by atoms with Gasteiger partial charge in [0.2, 0.25) is 0 Å². The van der Waals surface area contributed by atoms with E-state index in [1.807, 2.05) is 12.4 Å². The molecule has 1 aromatic carbocycles. The molecule has 0 fully saturated rings. The monoisotopic (exact) mass is 286 g/mol. The van der Waals surface area contributed by atoms with Gasteiger partial charge in [0.05, 0.1) is 0 Å². The van der Waals surface area contributed by atoms with Crippen LogP contribution in [0.2, 0.25) is 0 Å². The molecule has 108 valence electrons. The Hall–Kier alpha value is -2.37. The van der Waals surface area contributed by atoms with Gasteiger partial charge in [0.15, 0.2) is 5.58 Å². The van der Waals surface area contributed by atoms with Crippen molar-refractivity contribution in [2.45, 2.75) is 19.4 Å². The van der Waals surface area contributed by atoms with Gasteiger partial charge < -0.3 is 14.3 Å². The van der Waals surface area contributed by atoms with Gasteiger partial charge in [0, 0.05) is 38.0 Å². The Morgan fingerprint density at radius 3 is 3.33 bits per heavy atom. The smallest absolute Gasteiger partial charge is 0.295 e. The van der Waals surface area contributed by atoms with Crippen LogP contribution in [0.15, 0.2) is 35.0 Å². The Bertz CT molecular complexity index is 779. The van der Waals surface area contributed by atoms with Crippen molar-refractivity contribution in [3.8, 4) is 0 Å². The molecule has 1 atom stereocenters. The summed E-state index contributed by atoms with van der Waals surface area (Å²) in [5.74, 6) is 1.37. The molecule has 6 heteroatoms. The van der Waals surface area contributed by atoms with E-state index >= 15 is 0 Å². The second kappa shape index (κ2) is 4.87. The van der Waals surface area contributed by atoms with Crippen molar-refractivity contribution in [2.75, 3.05) is 11.9 Å². The molecule has 4 rings (SSSR count). The molecule has 2 aromatic heterocycles. The molecule has 0 radical (unpaired) electrons. The summed E-state index contributed by atoms with van der Waals surface area (Å²) in [6.07, 6.45) is 5.96. The minimum absolute atomic E-state index is 0.303. The van der Waals surface area contributed by atoms with Crippen LogP contribution >= 0.6 is 0 Å². The highest BCUT2D eigenvalue weighted by Gasteiger charge is 2.19. The average molecular weight is 286 g/mol. The van der Waals surface area contributed by atoms with Crippen LogP contribution in [0.25, 0.3) is 11.1 Å². The van der Waals surface area contributed by atoms with Gasteiger partial charge in [-0.1, -0.05) is 0 Å². The summed E-state index contributed by atoms with van der Waals surface area (Å²) in [6, 6.07) is 4.80. The first-order valence-electron chi connectivity index (χ1n) is 7.08. The third-order valence-corrected chi connectivity index (χ3v) is 3.92. The number of nitrogens with one attached hydrogen (secondary N) is 1. The van der Waals surface area contributed by atoms with E-state index in [1.54, 1.807) is 6.07 Å². The van der Waals surface area contributed by atoms with Crippen molar-refractivity contribution in [3.63, 3.8) is 0 Å². The Balaban J connectivity index is 1.44. The number of anilines is 1. The first-order chi connectivity index (χ1) is 10.3. The van der Waals surface area contributed by atoms with Crippen molar-refractivity contribution in [3.05, 3.63) is 42.2 Å². The van der Waals surface area contributed by atoms with E-state index in [-0.39, 0.29) is 5.82 Å². The van der Waals surface area contributed by atoms with E-state index in [1.165, 1.54) is 12.1 Å². The topological polar surface area (TPSA) is 55.9 Å². The number of oxazole rings is 1. The number of halogens is 1. The van der Waals surface area contributed by atoms with Crippen LogP contribution in [0.5, 0.6) is 0 Å². The Morgan fingerprint density at radius 2 is 2.38 bits per heavy atom. The standard InChI is InChI=1S/C15H15FN4O/c16-11-2-3-13-12(7-11)19-15(21-13)18-8-10-1-4-14-17-5-6-20(14)9-10/h2-3,5-7,10H,1,4,8-9H2,(H,18,19). The van der Waals surface area contributed by atoms with Crippen LogP contribution in [0.1, 0.15) is 12.2 Å². The summed E-state index contributed by atoms with van der Waals surface area (Å²) in [5, 5.41) is 3.21. The summed E-state index contributed by atoms with van der Waals surface area (Å²) in [6.45, 7) is 1.74. The lowest BCUT2D eigenvalue weighted by molar-refractivity contribution is 0.378. The number of nitrogens with zero attached hydrogens (tertiary/aromatic N) is 3. The fourth-order valence-corrected chi connectivity index (χ4v) is 2.81. The minimum atomic E-state index is -0.303. The first kappa shape index (κ1) is 12.4. The lowest BCUT2D eigenvalue weighted by Gasteiger charge is -2.23. The van der Waals surface area contributed by atoms with Gasteiger partial charge in [0.25, 0.3) is 6.01 Å². The van der Waals surface area contributed by atoms with E-state index in [0.29, 0.717) is 23.0 Å². The number of hydrogen-bond acceptors (Lipinski definition) is 4. The molecular formula is C15H15FN4O. The summed E-state index contributed by atoms with van der Waals surface area (Å²) >= 11 is 0. The molecule has 1 N–H and O–H groups in total. The van der Waals surface area contributed by atoms with Crippen LogP contribution in [0, 0.1) is 11.7 Å². The van der Waals surface area contributed by atoms with E-state index in [4.69, 9.17) is 4.42 Å². The number of hydrogen-bond donors (Lipinski definition) is 1. The molecule has 0 saturated heterocycles. The molecule has 0 amide bonds. The number of fused-ring (bicyclic) bond motifs is 2. The zero-order valence-electron chi connectivity index (χ0n) is 11.4. The highest BCUT2D eigenvalue weighted by molar-refractivity contribution is 5.74.